The van der Waals surface area contributed by atoms with Crippen molar-refractivity contribution >= 4 is 6.08 Å². The average molecular weight is 406 g/mol. The standard InChI is InChI=1S/C24H26F4O/c1-2-3-4-5-6-7-17-8-14-22-19(16-17)11-15-21(23(22)25)18-9-12-20(13-10-18)29-24(26,27)28/h9-13,15-16H,2-8,14H2,1H3. The van der Waals surface area contributed by atoms with Gasteiger partial charge in [0.1, 0.15) is 11.6 Å². The van der Waals surface area contributed by atoms with Crippen LogP contribution in [0.5, 0.6) is 5.75 Å². The Morgan fingerprint density at radius 3 is 2.31 bits per heavy atom. The second-order valence-electron chi connectivity index (χ2n) is 7.53. The van der Waals surface area contributed by atoms with E-state index in [0.29, 0.717) is 23.1 Å². The maximum atomic E-state index is 15.1. The van der Waals surface area contributed by atoms with Gasteiger partial charge >= 0.3 is 6.36 Å². The summed E-state index contributed by atoms with van der Waals surface area (Å²) in [5.41, 5.74) is 3.91. The molecule has 156 valence electrons. The van der Waals surface area contributed by atoms with Gasteiger partial charge in [-0.25, -0.2) is 4.39 Å². The van der Waals surface area contributed by atoms with Gasteiger partial charge in [-0.15, -0.1) is 13.2 Å². The fourth-order valence-corrected chi connectivity index (χ4v) is 3.82. The van der Waals surface area contributed by atoms with Crippen LogP contribution in [0.4, 0.5) is 17.6 Å². The Hall–Kier alpha value is -2.30. The lowest BCUT2D eigenvalue weighted by molar-refractivity contribution is -0.274. The molecule has 0 saturated carbocycles. The van der Waals surface area contributed by atoms with Gasteiger partial charge in [-0.05, 0) is 54.5 Å². The summed E-state index contributed by atoms with van der Waals surface area (Å²) in [6.45, 7) is 2.20. The first-order chi connectivity index (χ1) is 13.9. The molecule has 0 aromatic heterocycles. The first-order valence-electron chi connectivity index (χ1n) is 10.2. The lowest BCUT2D eigenvalue weighted by Crippen LogP contribution is -2.16. The number of ether oxygens (including phenoxy) is 1. The number of hydrogen-bond acceptors (Lipinski definition) is 1. The van der Waals surface area contributed by atoms with Crippen molar-refractivity contribution < 1.29 is 22.3 Å². The normalized spacial score (nSPS) is 13.8. The van der Waals surface area contributed by atoms with E-state index in [1.54, 1.807) is 6.07 Å². The molecule has 0 N–H and O–H groups in total. The number of hydrogen-bond donors (Lipinski definition) is 0. The summed E-state index contributed by atoms with van der Waals surface area (Å²) in [6, 6.07) is 8.92. The van der Waals surface area contributed by atoms with E-state index in [0.717, 1.165) is 18.4 Å². The largest absolute Gasteiger partial charge is 0.573 e. The van der Waals surface area contributed by atoms with E-state index in [9.17, 15) is 13.2 Å². The molecule has 2 aromatic carbocycles. The first-order valence-corrected chi connectivity index (χ1v) is 10.2. The number of benzene rings is 2. The lowest BCUT2D eigenvalue weighted by atomic mass is 9.87. The summed E-state index contributed by atoms with van der Waals surface area (Å²) in [7, 11) is 0. The number of halogens is 4. The van der Waals surface area contributed by atoms with Crippen molar-refractivity contribution in [3.8, 4) is 16.9 Å². The summed E-state index contributed by atoms with van der Waals surface area (Å²) in [5, 5.41) is 0. The molecular formula is C24H26F4O. The third-order valence-electron chi connectivity index (χ3n) is 5.34. The molecule has 0 bridgehead atoms. The van der Waals surface area contributed by atoms with Crippen LogP contribution in [0.25, 0.3) is 17.2 Å². The highest BCUT2D eigenvalue weighted by molar-refractivity contribution is 5.71. The zero-order valence-corrected chi connectivity index (χ0v) is 16.6. The molecule has 2 aromatic rings. The second kappa shape index (κ2) is 9.47. The van der Waals surface area contributed by atoms with Gasteiger partial charge in [0.15, 0.2) is 0 Å². The maximum absolute atomic E-state index is 15.1. The third kappa shape index (κ3) is 5.84. The molecule has 0 heterocycles. The molecule has 0 aliphatic heterocycles. The smallest absolute Gasteiger partial charge is 0.406 e. The molecule has 1 aliphatic carbocycles. The summed E-state index contributed by atoms with van der Waals surface area (Å²) in [6.07, 6.45) is 6.13. The average Bonchev–Trinajstić information content (AvgIpc) is 2.68. The maximum Gasteiger partial charge on any atom is 0.573 e. The molecule has 0 atom stereocenters. The molecule has 0 saturated heterocycles. The Morgan fingerprint density at radius 2 is 1.62 bits per heavy atom. The van der Waals surface area contributed by atoms with Crippen LogP contribution in [-0.2, 0) is 6.42 Å². The predicted octanol–water partition coefficient (Wildman–Crippen LogP) is 8.08. The number of unbranched alkanes of at least 4 members (excludes halogenated alkanes) is 4. The molecule has 0 amide bonds. The van der Waals surface area contributed by atoms with Crippen LogP contribution in [0.3, 0.4) is 0 Å². The van der Waals surface area contributed by atoms with Crippen LogP contribution in [0.15, 0.2) is 42.0 Å². The SMILES string of the molecule is CCCCCCCC1=Cc2ccc(-c3ccc(OC(F)(F)F)cc3)c(F)c2CC1. The van der Waals surface area contributed by atoms with Crippen LogP contribution in [0.1, 0.15) is 63.0 Å². The van der Waals surface area contributed by atoms with Crippen molar-refractivity contribution in [1.82, 2.24) is 0 Å². The van der Waals surface area contributed by atoms with Crippen molar-refractivity contribution in [2.45, 2.75) is 64.7 Å². The molecule has 5 heteroatoms. The summed E-state index contributed by atoms with van der Waals surface area (Å²) < 4.78 is 55.8. The zero-order valence-electron chi connectivity index (χ0n) is 16.6. The molecular weight excluding hydrogens is 380 g/mol. The van der Waals surface area contributed by atoms with E-state index in [-0.39, 0.29) is 11.6 Å². The third-order valence-corrected chi connectivity index (χ3v) is 5.34. The van der Waals surface area contributed by atoms with Crippen LogP contribution < -0.4 is 4.74 Å². The van der Waals surface area contributed by atoms with Gasteiger partial charge in [-0.1, -0.05) is 68.5 Å². The van der Waals surface area contributed by atoms with Crippen LogP contribution in [0, 0.1) is 5.82 Å². The molecule has 1 nitrogen and oxygen atoms in total. The van der Waals surface area contributed by atoms with E-state index in [1.165, 1.54) is 61.9 Å². The summed E-state index contributed by atoms with van der Waals surface area (Å²) in [5.74, 6) is -0.601. The Bertz CT molecular complexity index is 850. The van der Waals surface area contributed by atoms with Crippen LogP contribution in [-0.4, -0.2) is 6.36 Å². The summed E-state index contributed by atoms with van der Waals surface area (Å²) in [4.78, 5) is 0. The van der Waals surface area contributed by atoms with Crippen LogP contribution in [0.2, 0.25) is 0 Å². The number of alkyl halides is 3. The molecule has 29 heavy (non-hydrogen) atoms. The van der Waals surface area contributed by atoms with Gasteiger partial charge in [0.2, 0.25) is 0 Å². The van der Waals surface area contributed by atoms with Gasteiger partial charge in [0, 0.05) is 5.56 Å². The van der Waals surface area contributed by atoms with Crippen molar-refractivity contribution in [2.24, 2.45) is 0 Å². The Morgan fingerprint density at radius 1 is 0.897 bits per heavy atom. The van der Waals surface area contributed by atoms with Gasteiger partial charge < -0.3 is 4.74 Å². The van der Waals surface area contributed by atoms with Crippen LogP contribution >= 0.6 is 0 Å². The topological polar surface area (TPSA) is 9.23 Å². The van der Waals surface area contributed by atoms with Crippen molar-refractivity contribution in [1.29, 1.82) is 0 Å². The van der Waals surface area contributed by atoms with Gasteiger partial charge in [0.05, 0.1) is 0 Å². The monoisotopic (exact) mass is 406 g/mol. The highest BCUT2D eigenvalue weighted by Crippen LogP contribution is 2.34. The molecule has 1 aliphatic rings. The van der Waals surface area contributed by atoms with E-state index in [1.807, 2.05) is 6.07 Å². The molecule has 0 fully saturated rings. The highest BCUT2D eigenvalue weighted by Gasteiger charge is 2.31. The quantitative estimate of drug-likeness (QED) is 0.318. The zero-order chi connectivity index (χ0) is 20.9. The van der Waals surface area contributed by atoms with Crippen molar-refractivity contribution in [3.05, 3.63) is 58.9 Å². The predicted molar refractivity (Wildman–Crippen MR) is 108 cm³/mol. The number of allylic oxidation sites excluding steroid dienone is 1. The molecule has 0 radical (unpaired) electrons. The Labute approximate surface area is 169 Å². The molecule has 0 unspecified atom stereocenters. The fourth-order valence-electron chi connectivity index (χ4n) is 3.82. The van der Waals surface area contributed by atoms with Crippen molar-refractivity contribution in [2.75, 3.05) is 0 Å². The van der Waals surface area contributed by atoms with E-state index >= 15 is 4.39 Å². The minimum atomic E-state index is -4.74. The minimum absolute atomic E-state index is 0.287. The van der Waals surface area contributed by atoms with E-state index < -0.39 is 6.36 Å². The number of rotatable bonds is 8. The first kappa shape index (κ1) is 21.4. The minimum Gasteiger partial charge on any atom is -0.406 e. The van der Waals surface area contributed by atoms with Gasteiger partial charge in [-0.2, -0.15) is 0 Å². The van der Waals surface area contributed by atoms with E-state index in [4.69, 9.17) is 0 Å². The highest BCUT2D eigenvalue weighted by atomic mass is 19.4. The summed E-state index contributed by atoms with van der Waals surface area (Å²) >= 11 is 0. The molecule has 0 spiro atoms. The lowest BCUT2D eigenvalue weighted by Gasteiger charge is -2.19. The Balaban J connectivity index is 1.72. The second-order valence-corrected chi connectivity index (χ2v) is 7.53. The molecule has 3 rings (SSSR count). The van der Waals surface area contributed by atoms with Gasteiger partial charge in [-0.3, -0.25) is 0 Å². The Kier molecular flexibility index (Phi) is 6.99. The fraction of sp³-hybridized carbons (Fsp3) is 0.417. The van der Waals surface area contributed by atoms with Gasteiger partial charge in [0.25, 0.3) is 0 Å². The van der Waals surface area contributed by atoms with Crippen molar-refractivity contribution in [3.63, 3.8) is 0 Å². The van der Waals surface area contributed by atoms with E-state index in [2.05, 4.69) is 17.7 Å². The number of fused-ring (bicyclic) bond motifs is 1.